The number of nitrogens with zero attached hydrogens (tertiary/aromatic N) is 1. The number of rotatable bonds is 3. The fourth-order valence-corrected chi connectivity index (χ4v) is 3.06. The maximum absolute atomic E-state index is 11.2. The molecule has 0 saturated heterocycles. The Bertz CT molecular complexity index is 491. The van der Waals surface area contributed by atoms with E-state index >= 15 is 0 Å². The molecule has 0 unspecified atom stereocenters. The molecule has 0 heterocycles. The van der Waals surface area contributed by atoms with Crippen molar-refractivity contribution in [1.82, 2.24) is 0 Å². The van der Waals surface area contributed by atoms with Gasteiger partial charge in [0.15, 0.2) is 0 Å². The highest BCUT2D eigenvalue weighted by Gasteiger charge is 2.46. The number of nitro groups is 1. The monoisotopic (exact) mass is 314 g/mol. The summed E-state index contributed by atoms with van der Waals surface area (Å²) < 4.78 is 0. The molecular weight excluding hydrogens is 294 g/mol. The van der Waals surface area contributed by atoms with Gasteiger partial charge in [-0.3, -0.25) is 10.1 Å². The summed E-state index contributed by atoms with van der Waals surface area (Å²) >= 11 is 0. The van der Waals surface area contributed by atoms with Gasteiger partial charge in [0.05, 0.1) is 12.0 Å². The molecule has 118 valence electrons. The average Bonchev–Trinajstić information content (AvgIpc) is 2.29. The van der Waals surface area contributed by atoms with Crippen LogP contribution in [0.5, 0.6) is 0 Å². The molecule has 0 aromatic rings. The van der Waals surface area contributed by atoms with Gasteiger partial charge in [0, 0.05) is 23.2 Å². The summed E-state index contributed by atoms with van der Waals surface area (Å²) in [4.78, 5) is 21.1. The van der Waals surface area contributed by atoms with E-state index in [-0.39, 0.29) is 12.8 Å². The molecule has 1 aliphatic carbocycles. The number of carboxylic acid groups (broad SMARTS) is 1. The SMILES string of the molecule is C[Si](C)(C)C#C[C@]1(O)C[C@@H](O)[C@@H](C[N+](=O)[O-])[C@H](C(=O)[O-])C1. The highest BCUT2D eigenvalue weighted by molar-refractivity contribution is 6.83. The van der Waals surface area contributed by atoms with Gasteiger partial charge >= 0.3 is 0 Å². The number of aliphatic hydroxyl groups excluding tert-OH is 1. The molecule has 1 rings (SSSR count). The normalized spacial score (nSPS) is 32.9. The van der Waals surface area contributed by atoms with Crippen LogP contribution in [0, 0.1) is 33.4 Å². The average molecular weight is 314 g/mol. The lowest BCUT2D eigenvalue weighted by molar-refractivity contribution is -0.494. The Labute approximate surface area is 124 Å². The predicted octanol–water partition coefficient (Wildman–Crippen LogP) is -0.988. The summed E-state index contributed by atoms with van der Waals surface area (Å²) in [5.41, 5.74) is 1.31. The van der Waals surface area contributed by atoms with E-state index in [1.165, 1.54) is 0 Å². The van der Waals surface area contributed by atoms with Crippen molar-refractivity contribution >= 4 is 14.0 Å². The zero-order valence-electron chi connectivity index (χ0n) is 12.3. The third-order valence-corrected chi connectivity index (χ3v) is 4.32. The number of carbonyl (C=O) groups excluding carboxylic acids is 1. The minimum absolute atomic E-state index is 0.188. The first-order chi connectivity index (χ1) is 9.43. The van der Waals surface area contributed by atoms with Crippen molar-refractivity contribution < 1.29 is 25.0 Å². The number of carboxylic acids is 1. The Morgan fingerprint density at radius 2 is 2.00 bits per heavy atom. The van der Waals surface area contributed by atoms with Crippen molar-refractivity contribution in [1.29, 1.82) is 0 Å². The fourth-order valence-electron chi connectivity index (χ4n) is 2.45. The first-order valence-electron chi connectivity index (χ1n) is 6.71. The van der Waals surface area contributed by atoms with Crippen molar-refractivity contribution in [2.24, 2.45) is 11.8 Å². The van der Waals surface area contributed by atoms with E-state index in [0.717, 1.165) is 0 Å². The molecule has 0 aliphatic heterocycles. The van der Waals surface area contributed by atoms with Crippen LogP contribution in [0.25, 0.3) is 0 Å². The number of hydrogen-bond donors (Lipinski definition) is 2. The summed E-state index contributed by atoms with van der Waals surface area (Å²) in [5, 5.41) is 42.2. The molecule has 2 N–H and O–H groups in total. The van der Waals surface area contributed by atoms with Crippen LogP contribution in [0.2, 0.25) is 19.6 Å². The predicted molar refractivity (Wildman–Crippen MR) is 75.2 cm³/mol. The minimum atomic E-state index is -1.78. The maximum Gasteiger partial charge on any atom is 0.209 e. The Kier molecular flexibility index (Phi) is 5.14. The van der Waals surface area contributed by atoms with E-state index in [4.69, 9.17) is 0 Å². The van der Waals surface area contributed by atoms with Crippen LogP contribution < -0.4 is 5.11 Å². The van der Waals surface area contributed by atoms with Gasteiger partial charge in [0.2, 0.25) is 6.54 Å². The molecule has 0 radical (unpaired) electrons. The van der Waals surface area contributed by atoms with E-state index in [1.54, 1.807) is 0 Å². The van der Waals surface area contributed by atoms with Gasteiger partial charge in [0.1, 0.15) is 13.7 Å². The van der Waals surface area contributed by atoms with Crippen molar-refractivity contribution in [3.05, 3.63) is 10.1 Å². The lowest BCUT2D eigenvalue weighted by Crippen LogP contribution is -2.53. The Morgan fingerprint density at radius 1 is 1.43 bits per heavy atom. The fraction of sp³-hybridized carbons (Fsp3) is 0.769. The van der Waals surface area contributed by atoms with Crippen LogP contribution in [-0.4, -0.2) is 47.4 Å². The van der Waals surface area contributed by atoms with Gasteiger partial charge in [-0.15, -0.1) is 5.54 Å². The Balaban J connectivity index is 3.03. The Morgan fingerprint density at radius 3 is 2.43 bits per heavy atom. The first kappa shape index (κ1) is 17.6. The van der Waals surface area contributed by atoms with Gasteiger partial charge in [-0.25, -0.2) is 0 Å². The van der Waals surface area contributed by atoms with Crippen LogP contribution in [0.4, 0.5) is 0 Å². The second-order valence-electron chi connectivity index (χ2n) is 6.61. The van der Waals surface area contributed by atoms with Gasteiger partial charge in [-0.05, 0) is 6.42 Å². The highest BCUT2D eigenvalue weighted by Crippen LogP contribution is 2.36. The van der Waals surface area contributed by atoms with Crippen LogP contribution in [0.3, 0.4) is 0 Å². The van der Waals surface area contributed by atoms with E-state index in [9.17, 15) is 30.2 Å². The molecule has 21 heavy (non-hydrogen) atoms. The molecule has 0 aromatic carbocycles. The van der Waals surface area contributed by atoms with E-state index in [1.807, 2.05) is 19.6 Å². The highest BCUT2D eigenvalue weighted by atomic mass is 28.3. The minimum Gasteiger partial charge on any atom is -0.550 e. The van der Waals surface area contributed by atoms with Crippen LogP contribution in [0.1, 0.15) is 12.8 Å². The van der Waals surface area contributed by atoms with E-state index in [2.05, 4.69) is 11.5 Å². The molecule has 0 amide bonds. The number of aliphatic hydroxyl groups is 2. The topological polar surface area (TPSA) is 124 Å². The molecule has 1 saturated carbocycles. The van der Waals surface area contributed by atoms with E-state index in [0.29, 0.717) is 0 Å². The lowest BCUT2D eigenvalue weighted by Gasteiger charge is -2.41. The molecule has 1 fully saturated rings. The molecule has 0 spiro atoms. The molecule has 8 heteroatoms. The number of hydrogen-bond acceptors (Lipinski definition) is 6. The second-order valence-corrected chi connectivity index (χ2v) is 11.4. The third kappa shape index (κ3) is 5.11. The van der Waals surface area contributed by atoms with Gasteiger partial charge in [-0.2, -0.15) is 0 Å². The standard InChI is InChI=1S/C13H21NO6Si/c1-21(2,3)5-4-13(18)6-9(12(16)17)10(8-14(19)20)11(15)7-13/h9-11,15,18H,6-8H2,1-3H3,(H,16,17)/p-1/t9-,10+,11-,13-/m1/s1. The van der Waals surface area contributed by atoms with Crippen LogP contribution >= 0.6 is 0 Å². The quantitative estimate of drug-likeness (QED) is 0.298. The third-order valence-electron chi connectivity index (χ3n) is 3.45. The van der Waals surface area contributed by atoms with Gasteiger partial charge in [0.25, 0.3) is 0 Å². The molecule has 1 aliphatic rings. The van der Waals surface area contributed by atoms with Crippen molar-refractivity contribution in [2.45, 2.75) is 44.2 Å². The molecule has 0 bridgehead atoms. The zero-order valence-corrected chi connectivity index (χ0v) is 13.3. The smallest absolute Gasteiger partial charge is 0.209 e. The first-order valence-corrected chi connectivity index (χ1v) is 10.2. The van der Waals surface area contributed by atoms with Crippen molar-refractivity contribution in [3.63, 3.8) is 0 Å². The van der Waals surface area contributed by atoms with Crippen LogP contribution in [-0.2, 0) is 4.79 Å². The van der Waals surface area contributed by atoms with Gasteiger partial charge < -0.3 is 20.1 Å². The summed E-state index contributed by atoms with van der Waals surface area (Å²) in [6, 6.07) is 0. The van der Waals surface area contributed by atoms with E-state index < -0.39 is 49.1 Å². The number of aliphatic carboxylic acids is 1. The molecule has 4 atom stereocenters. The van der Waals surface area contributed by atoms with Crippen LogP contribution in [0.15, 0.2) is 0 Å². The molecule has 0 aromatic heterocycles. The molecule has 7 nitrogen and oxygen atoms in total. The summed E-state index contributed by atoms with van der Waals surface area (Å²) in [6.45, 7) is 5.23. The van der Waals surface area contributed by atoms with Crippen molar-refractivity contribution in [2.75, 3.05) is 6.54 Å². The lowest BCUT2D eigenvalue weighted by atomic mass is 9.70. The van der Waals surface area contributed by atoms with Crippen molar-refractivity contribution in [3.8, 4) is 11.5 Å². The summed E-state index contributed by atoms with van der Waals surface area (Å²) in [6.07, 6.45) is -1.75. The maximum atomic E-state index is 11.2. The largest absolute Gasteiger partial charge is 0.550 e. The Hall–Kier alpha value is -1.43. The summed E-state index contributed by atoms with van der Waals surface area (Å²) in [7, 11) is -1.78. The summed E-state index contributed by atoms with van der Waals surface area (Å²) in [5.74, 6) is -1.19. The molecular formula is C13H20NO6Si-. The second kappa shape index (κ2) is 6.13. The number of carbonyl (C=O) groups is 1. The van der Waals surface area contributed by atoms with Gasteiger partial charge in [-0.1, -0.05) is 25.6 Å². The zero-order chi connectivity index (χ0) is 16.4.